The molecule has 0 aromatic carbocycles. The number of carbonyl (C=O) groups excluding carboxylic acids is 1. The predicted molar refractivity (Wildman–Crippen MR) is 77.0 cm³/mol. The molecular formula is C14H27F3O2Pb. The molecule has 0 bridgehead atoms. The molecular weight excluding hydrogens is 464 g/mol. The SMILES string of the molecule is CCC[CH2][Pb]([CH2]CCC)([CH2]CCC)[O]C(=O)C(F)(F)F. The average Bonchev–Trinajstić information content (AvgIpc) is 2.39. The summed E-state index contributed by atoms with van der Waals surface area (Å²) in [5, 5.41) is 0. The van der Waals surface area contributed by atoms with Crippen LogP contribution in [0, 0.1) is 0 Å². The van der Waals surface area contributed by atoms with Crippen molar-refractivity contribution in [2.45, 2.75) is 77.4 Å². The molecule has 0 aromatic heterocycles. The summed E-state index contributed by atoms with van der Waals surface area (Å²) in [7, 11) is 0. The van der Waals surface area contributed by atoms with Crippen LogP contribution in [0.1, 0.15) is 59.3 Å². The van der Waals surface area contributed by atoms with Gasteiger partial charge in [-0.25, -0.2) is 0 Å². The van der Waals surface area contributed by atoms with Crippen molar-refractivity contribution < 1.29 is 20.7 Å². The Morgan fingerprint density at radius 1 is 0.900 bits per heavy atom. The van der Waals surface area contributed by atoms with Gasteiger partial charge in [-0.2, -0.15) is 0 Å². The summed E-state index contributed by atoms with van der Waals surface area (Å²) >= 11 is -3.60. The van der Waals surface area contributed by atoms with Crippen molar-refractivity contribution in [3.05, 3.63) is 0 Å². The fourth-order valence-electron chi connectivity index (χ4n) is 2.28. The number of alkyl halides is 3. The summed E-state index contributed by atoms with van der Waals surface area (Å²) < 4.78 is 44.9. The normalized spacial score (nSPS) is 12.5. The van der Waals surface area contributed by atoms with E-state index in [-0.39, 0.29) is 0 Å². The third-order valence-electron chi connectivity index (χ3n) is 3.50. The van der Waals surface area contributed by atoms with Gasteiger partial charge in [0.15, 0.2) is 0 Å². The topological polar surface area (TPSA) is 26.3 Å². The molecule has 6 heteroatoms. The number of hydrogen-bond donors (Lipinski definition) is 0. The van der Waals surface area contributed by atoms with Gasteiger partial charge in [0.05, 0.1) is 0 Å². The number of rotatable bonds is 10. The fraction of sp³-hybridized carbons (Fsp3) is 0.929. The Bertz CT molecular complexity index is 258. The van der Waals surface area contributed by atoms with Crippen LogP contribution < -0.4 is 0 Å². The molecule has 0 amide bonds. The quantitative estimate of drug-likeness (QED) is 0.381. The summed E-state index contributed by atoms with van der Waals surface area (Å²) in [6.45, 7) is 6.05. The van der Waals surface area contributed by atoms with Crippen molar-refractivity contribution in [3.8, 4) is 0 Å². The van der Waals surface area contributed by atoms with Gasteiger partial charge in [0.1, 0.15) is 0 Å². The number of carbonyl (C=O) groups is 1. The molecule has 0 aliphatic heterocycles. The molecule has 0 aliphatic carbocycles. The van der Waals surface area contributed by atoms with Crippen LogP contribution in [0.2, 0.25) is 11.9 Å². The molecule has 0 unspecified atom stereocenters. The van der Waals surface area contributed by atoms with Crippen LogP contribution >= 0.6 is 0 Å². The maximum absolute atomic E-state index is 12.5. The summed E-state index contributed by atoms with van der Waals surface area (Å²) in [5.74, 6) is -1.94. The molecule has 0 aromatic rings. The summed E-state index contributed by atoms with van der Waals surface area (Å²) in [4.78, 5) is 11.3. The number of unbranched alkanes of at least 4 members (excludes halogenated alkanes) is 3. The van der Waals surface area contributed by atoms with Crippen molar-refractivity contribution in [1.82, 2.24) is 0 Å². The van der Waals surface area contributed by atoms with Gasteiger partial charge in [0.2, 0.25) is 0 Å². The van der Waals surface area contributed by atoms with E-state index in [1.807, 2.05) is 20.8 Å². The fourth-order valence-corrected chi connectivity index (χ4v) is 20.0. The Kier molecular flexibility index (Phi) is 10.1. The van der Waals surface area contributed by atoms with Gasteiger partial charge < -0.3 is 0 Å². The van der Waals surface area contributed by atoms with E-state index in [0.717, 1.165) is 50.5 Å². The van der Waals surface area contributed by atoms with E-state index in [1.54, 1.807) is 0 Å². The molecule has 20 heavy (non-hydrogen) atoms. The second-order valence-electron chi connectivity index (χ2n) is 5.38. The molecule has 120 valence electrons. The van der Waals surface area contributed by atoms with E-state index in [2.05, 4.69) is 0 Å². The standard InChI is InChI=1S/3C4H9.C2HF3O2.Pb/c3*1-3-4-2;3-2(4,5)1(6)7;/h3*1,3-4H2,2H3;(H,6,7);/q;;;;+1/p-1. The van der Waals surface area contributed by atoms with Gasteiger partial charge in [-0.1, -0.05) is 0 Å². The molecule has 0 heterocycles. The summed E-state index contributed by atoms with van der Waals surface area (Å²) in [6, 6.07) is 0. The molecule has 0 spiro atoms. The molecule has 0 fully saturated rings. The summed E-state index contributed by atoms with van der Waals surface area (Å²) in [5.41, 5.74) is 0. The minimum absolute atomic E-state index is 0.741. The van der Waals surface area contributed by atoms with Crippen LogP contribution in [0.25, 0.3) is 0 Å². The van der Waals surface area contributed by atoms with Crippen molar-refractivity contribution >= 4 is 27.6 Å². The van der Waals surface area contributed by atoms with Crippen molar-refractivity contribution in [1.29, 1.82) is 0 Å². The van der Waals surface area contributed by atoms with Crippen LogP contribution in [-0.2, 0) is 7.48 Å². The Hall–Kier alpha value is 0.182. The number of halogens is 3. The van der Waals surface area contributed by atoms with E-state index < -0.39 is 33.8 Å². The third kappa shape index (κ3) is 7.83. The van der Waals surface area contributed by atoms with E-state index >= 15 is 0 Å². The second-order valence-corrected chi connectivity index (χ2v) is 21.2. The molecule has 0 saturated heterocycles. The predicted octanol–water partition coefficient (Wildman–Crippen LogP) is 5.44. The molecule has 0 N–H and O–H groups in total. The van der Waals surface area contributed by atoms with Crippen molar-refractivity contribution in [2.75, 3.05) is 0 Å². The van der Waals surface area contributed by atoms with Crippen LogP contribution in [-0.4, -0.2) is 33.8 Å². The Morgan fingerprint density at radius 3 is 1.50 bits per heavy atom. The first-order valence-corrected chi connectivity index (χ1v) is 17.4. The summed E-state index contributed by atoms with van der Waals surface area (Å²) in [6.07, 6.45) is 0.576. The van der Waals surface area contributed by atoms with Crippen molar-refractivity contribution in [3.63, 3.8) is 0 Å². The van der Waals surface area contributed by atoms with E-state index in [4.69, 9.17) is 2.69 Å². The zero-order chi connectivity index (χ0) is 15.6. The van der Waals surface area contributed by atoms with Gasteiger partial charge >= 0.3 is 126 Å². The molecule has 0 aliphatic rings. The minimum atomic E-state index is -4.85. The van der Waals surface area contributed by atoms with Gasteiger partial charge in [0.25, 0.3) is 0 Å². The van der Waals surface area contributed by atoms with Crippen LogP contribution in [0.15, 0.2) is 0 Å². The Labute approximate surface area is 125 Å². The monoisotopic (exact) mass is 492 g/mol. The third-order valence-corrected chi connectivity index (χ3v) is 20.7. The zero-order valence-corrected chi connectivity index (χ0v) is 16.7. The van der Waals surface area contributed by atoms with Crippen LogP contribution in [0.4, 0.5) is 13.2 Å². The van der Waals surface area contributed by atoms with E-state index in [0.29, 0.717) is 0 Å². The zero-order valence-electron chi connectivity index (χ0n) is 12.8. The first-order chi connectivity index (χ1) is 9.31. The van der Waals surface area contributed by atoms with Crippen LogP contribution in [0.5, 0.6) is 0 Å². The Balaban J connectivity index is 4.97. The molecule has 2 nitrogen and oxygen atoms in total. The van der Waals surface area contributed by atoms with Crippen molar-refractivity contribution in [2.24, 2.45) is 0 Å². The van der Waals surface area contributed by atoms with E-state index in [9.17, 15) is 18.0 Å². The molecule has 0 radical (unpaired) electrons. The van der Waals surface area contributed by atoms with Gasteiger partial charge in [-0.3, -0.25) is 0 Å². The van der Waals surface area contributed by atoms with Gasteiger partial charge in [-0.05, 0) is 0 Å². The second kappa shape index (κ2) is 10.00. The van der Waals surface area contributed by atoms with Crippen LogP contribution in [0.3, 0.4) is 0 Å². The van der Waals surface area contributed by atoms with E-state index in [1.165, 1.54) is 0 Å². The maximum atomic E-state index is 12.5. The van der Waals surface area contributed by atoms with Gasteiger partial charge in [0, 0.05) is 0 Å². The molecule has 0 saturated carbocycles. The molecule has 0 atom stereocenters. The first kappa shape index (κ1) is 20.2. The average molecular weight is 492 g/mol. The molecule has 0 rings (SSSR count). The van der Waals surface area contributed by atoms with Gasteiger partial charge in [-0.15, -0.1) is 0 Å². The Morgan fingerprint density at radius 2 is 1.25 bits per heavy atom. The number of hydrogen-bond acceptors (Lipinski definition) is 2. The first-order valence-electron chi connectivity index (χ1n) is 7.61.